The van der Waals surface area contributed by atoms with Crippen LogP contribution in [0.25, 0.3) is 11.1 Å². The number of fused-ring (bicyclic) bond motifs is 3. The van der Waals surface area contributed by atoms with Gasteiger partial charge in [0.05, 0.1) is 32.7 Å². The Labute approximate surface area is 389 Å². The predicted octanol–water partition coefficient (Wildman–Crippen LogP) is -0.432. The fourth-order valence-corrected chi connectivity index (χ4v) is 8.50. The van der Waals surface area contributed by atoms with E-state index in [0.717, 1.165) is 54.5 Å². The van der Waals surface area contributed by atoms with Crippen LogP contribution in [0.15, 0.2) is 48.5 Å². The number of ether oxygens (including phenoxy) is 1. The Morgan fingerprint density at radius 3 is 1.78 bits per heavy atom. The first-order valence-electron chi connectivity index (χ1n) is 22.0. The van der Waals surface area contributed by atoms with E-state index in [-0.39, 0.29) is 82.0 Å². The predicted molar refractivity (Wildman–Crippen MR) is 247 cm³/mol. The van der Waals surface area contributed by atoms with Crippen LogP contribution in [-0.4, -0.2) is 203 Å². The summed E-state index contributed by atoms with van der Waals surface area (Å²) in [5, 5.41) is 11.2. The maximum atomic E-state index is 13.2. The van der Waals surface area contributed by atoms with Crippen molar-refractivity contribution in [2.75, 3.05) is 124 Å². The highest BCUT2D eigenvalue weighted by molar-refractivity contribution is 14.1. The molecule has 2 fully saturated rings. The van der Waals surface area contributed by atoms with Gasteiger partial charge in [0.15, 0.2) is 23.0 Å². The highest BCUT2D eigenvalue weighted by Gasteiger charge is 2.30. The summed E-state index contributed by atoms with van der Waals surface area (Å²) in [6, 6.07) is 15.0. The zero-order valence-corrected chi connectivity index (χ0v) is 38.8. The molecule has 2 saturated heterocycles. The molecule has 19 nitrogen and oxygen atoms in total. The maximum absolute atomic E-state index is 13.2. The molecule has 350 valence electrons. The van der Waals surface area contributed by atoms with Gasteiger partial charge >= 0.3 is 12.1 Å². The molecule has 1 aliphatic carbocycles. The van der Waals surface area contributed by atoms with E-state index >= 15 is 0 Å². The standard InChI is InChI=1S/C44H63IN10O9/c1-32(57)27-52-14-10-33(11-15-52)49-41(59)29-54-19-17-51(24-25-56)16-18-53(20-22-55(23-21-54)30-42(60)64-45)28-40(58)47-12-13-48-43(61)39(26-46)50-44(62)63-31-38-36-8-4-2-6-34(36)35-7-3-5-9-37(35)38/h2-9,25,33,38-39H,10-24,26-31,46H2,1H3,(H,47,58)(H,48,61)(H,49,59)(H,50,62)/t39-/m1/s1. The highest BCUT2D eigenvalue weighted by atomic mass is 127. The fraction of sp³-hybridized carbons (Fsp3) is 0.568. The second-order valence-corrected chi connectivity index (χ2v) is 16.9. The lowest BCUT2D eigenvalue weighted by molar-refractivity contribution is -0.133. The van der Waals surface area contributed by atoms with Crippen LogP contribution in [0.4, 0.5) is 4.79 Å². The molecule has 0 spiro atoms. The first kappa shape index (κ1) is 50.4. The van der Waals surface area contributed by atoms with E-state index in [0.29, 0.717) is 58.9 Å². The summed E-state index contributed by atoms with van der Waals surface area (Å²) in [6.45, 7) is 7.74. The number of benzene rings is 2. The second kappa shape index (κ2) is 26.4. The number of amides is 4. The number of alkyl carbamates (subject to hydrolysis) is 1. The number of rotatable bonds is 19. The number of nitrogens with zero attached hydrogens (tertiary/aromatic N) is 5. The van der Waals surface area contributed by atoms with Gasteiger partial charge in [0.2, 0.25) is 17.7 Å². The Bertz CT molecular complexity index is 1860. The SMILES string of the molecule is CC(=O)CN1CCC(NC(=O)CN2CCN(CC=O)CCN(CC(=O)NCCNC(=O)[C@@H](CN)NC(=O)OCC3c4ccccc4-c4ccccc43)CCN(CC(=O)OI)CC2)CC1. The van der Waals surface area contributed by atoms with Gasteiger partial charge in [-0.25, -0.2) is 9.59 Å². The number of carbonyl (C=O) groups excluding carboxylic acids is 7. The molecule has 20 heteroatoms. The van der Waals surface area contributed by atoms with Gasteiger partial charge in [-0.3, -0.25) is 43.7 Å². The Morgan fingerprint density at radius 2 is 1.23 bits per heavy atom. The van der Waals surface area contributed by atoms with Gasteiger partial charge in [0.1, 0.15) is 24.7 Å². The molecule has 64 heavy (non-hydrogen) atoms. The number of piperidine rings is 1. The number of nitrogens with two attached hydrogens (primary N) is 1. The molecule has 0 unspecified atom stereocenters. The summed E-state index contributed by atoms with van der Waals surface area (Å²) in [6.07, 6.45) is 1.61. The molecule has 5 rings (SSSR count). The third kappa shape index (κ3) is 16.1. The summed E-state index contributed by atoms with van der Waals surface area (Å²) in [5.74, 6) is -1.33. The Balaban J connectivity index is 1.06. The Morgan fingerprint density at radius 1 is 0.719 bits per heavy atom. The van der Waals surface area contributed by atoms with Crippen LogP contribution in [0.1, 0.15) is 36.8 Å². The number of nitrogens with one attached hydrogen (secondary N) is 4. The number of aldehydes is 1. The Kier molecular flexibility index (Phi) is 20.8. The van der Waals surface area contributed by atoms with Crippen LogP contribution in [0.2, 0.25) is 0 Å². The number of hydrogen-bond donors (Lipinski definition) is 5. The molecule has 0 aromatic heterocycles. The average molecular weight is 1000 g/mol. The molecule has 4 amide bonds. The van der Waals surface area contributed by atoms with Crippen molar-refractivity contribution in [1.29, 1.82) is 0 Å². The summed E-state index contributed by atoms with van der Waals surface area (Å²) >= 11 is 1.56. The number of halogens is 1. The molecular weight excluding hydrogens is 939 g/mol. The van der Waals surface area contributed by atoms with Crippen LogP contribution in [0, 0.1) is 0 Å². The second-order valence-electron chi connectivity index (χ2n) is 16.5. The number of likely N-dealkylation sites (tertiary alicyclic amines) is 1. The molecule has 0 saturated carbocycles. The van der Waals surface area contributed by atoms with Crippen LogP contribution < -0.4 is 27.0 Å². The van der Waals surface area contributed by atoms with Crippen molar-refractivity contribution in [2.24, 2.45) is 5.73 Å². The molecule has 0 bridgehead atoms. The molecule has 1 atom stereocenters. The largest absolute Gasteiger partial charge is 0.449 e. The van der Waals surface area contributed by atoms with Gasteiger partial charge in [0.25, 0.3) is 0 Å². The number of Topliss-reactive ketones (excluding diaryl/α,β-unsaturated/α-hetero) is 1. The van der Waals surface area contributed by atoms with E-state index in [1.54, 1.807) is 29.9 Å². The van der Waals surface area contributed by atoms with Crippen molar-refractivity contribution >= 4 is 64.9 Å². The zero-order chi connectivity index (χ0) is 45.8. The van der Waals surface area contributed by atoms with E-state index < -0.39 is 24.0 Å². The van der Waals surface area contributed by atoms with Crippen molar-refractivity contribution in [1.82, 2.24) is 45.8 Å². The van der Waals surface area contributed by atoms with Gasteiger partial charge in [-0.05, 0) is 42.0 Å². The minimum Gasteiger partial charge on any atom is -0.449 e. The molecule has 2 aromatic carbocycles. The van der Waals surface area contributed by atoms with Gasteiger partial charge in [0, 0.05) is 97.0 Å². The third-order valence-electron chi connectivity index (χ3n) is 11.8. The Hall–Kier alpha value is -4.58. The van der Waals surface area contributed by atoms with Crippen LogP contribution in [-0.2, 0) is 36.6 Å². The minimum atomic E-state index is -1.05. The first-order valence-corrected chi connectivity index (χ1v) is 22.9. The lowest BCUT2D eigenvalue weighted by atomic mass is 9.98. The van der Waals surface area contributed by atoms with Crippen molar-refractivity contribution < 1.29 is 41.4 Å². The van der Waals surface area contributed by atoms with Gasteiger partial charge in [-0.2, -0.15) is 0 Å². The molecule has 3 aliphatic rings. The van der Waals surface area contributed by atoms with Crippen LogP contribution in [0.5, 0.6) is 0 Å². The van der Waals surface area contributed by atoms with E-state index in [4.69, 9.17) is 13.5 Å². The van der Waals surface area contributed by atoms with Crippen molar-refractivity contribution in [3.8, 4) is 11.1 Å². The zero-order valence-electron chi connectivity index (χ0n) is 36.6. The molecule has 6 N–H and O–H groups in total. The summed E-state index contributed by atoms with van der Waals surface area (Å²) in [5.41, 5.74) is 10.2. The normalized spacial score (nSPS) is 18.0. The molecule has 2 aliphatic heterocycles. The van der Waals surface area contributed by atoms with Crippen LogP contribution in [0.3, 0.4) is 0 Å². The van der Waals surface area contributed by atoms with Crippen molar-refractivity contribution in [2.45, 2.75) is 37.8 Å². The fourth-order valence-electron chi connectivity index (χ4n) is 8.36. The summed E-state index contributed by atoms with van der Waals surface area (Å²) in [7, 11) is 0. The third-order valence-corrected chi connectivity index (χ3v) is 12.3. The molecular formula is C44H63IN10O9. The lowest BCUT2D eigenvalue weighted by Gasteiger charge is -2.34. The van der Waals surface area contributed by atoms with E-state index in [1.165, 1.54) is 0 Å². The van der Waals surface area contributed by atoms with Crippen LogP contribution >= 0.6 is 23.0 Å². The summed E-state index contributed by atoms with van der Waals surface area (Å²) < 4.78 is 10.5. The topological polar surface area (TPSA) is 228 Å². The monoisotopic (exact) mass is 1000 g/mol. The maximum Gasteiger partial charge on any atom is 0.407 e. The lowest BCUT2D eigenvalue weighted by Crippen LogP contribution is -2.52. The number of carbonyl (C=O) groups is 7. The van der Waals surface area contributed by atoms with E-state index in [1.807, 2.05) is 68.1 Å². The smallest absolute Gasteiger partial charge is 0.407 e. The highest BCUT2D eigenvalue weighted by Crippen LogP contribution is 2.44. The van der Waals surface area contributed by atoms with Gasteiger partial charge in [-0.15, -0.1) is 0 Å². The van der Waals surface area contributed by atoms with Gasteiger partial charge in [-0.1, -0.05) is 48.5 Å². The number of hydrogen-bond acceptors (Lipinski definition) is 15. The molecule has 2 aromatic rings. The quantitative estimate of drug-likeness (QED) is 0.0684. The van der Waals surface area contributed by atoms with E-state index in [2.05, 4.69) is 26.2 Å². The molecule has 0 radical (unpaired) electrons. The van der Waals surface area contributed by atoms with Gasteiger partial charge < -0.3 is 39.6 Å². The number of ketones is 1. The van der Waals surface area contributed by atoms with E-state index in [9.17, 15) is 33.6 Å². The average Bonchev–Trinajstić information content (AvgIpc) is 3.60. The molecule has 2 heterocycles. The van der Waals surface area contributed by atoms with Crippen molar-refractivity contribution in [3.05, 3.63) is 59.7 Å². The minimum absolute atomic E-state index is 0.0265. The summed E-state index contributed by atoms with van der Waals surface area (Å²) in [4.78, 5) is 97.8. The first-order chi connectivity index (χ1) is 31.0. The van der Waals surface area contributed by atoms with Crippen molar-refractivity contribution in [3.63, 3.8) is 0 Å².